The molecular formula is C35H48N6O9S2. The molecule has 0 spiro atoms. The number of hydrogen-bond acceptors (Lipinski definition) is 12. The summed E-state index contributed by atoms with van der Waals surface area (Å²) in [4.78, 5) is 74.3. The van der Waals surface area contributed by atoms with E-state index in [4.69, 9.17) is 19.3 Å². The molecule has 3 rings (SSSR count). The maximum atomic E-state index is 13.6. The second-order valence-electron chi connectivity index (χ2n) is 12.9. The molecule has 0 aliphatic heterocycles. The standard InChI is InChI=1S/C35H48N6O9S2/c1-21(2)31(40-34(46)41(6)15-25-19-51-33(38-25)22(3)4)32(45)37-23(5)12-28(50-30(44)18-48-17-29(42)43)27(13-24-10-8-7-9-11-24)39-35(47)49-16-26-14-36-20-52-26/h7-11,14,19-23,27-28,31H,12-13,15-18H2,1-6H3,(H,37,45)(H,39,47)(H,40,46)(H,42,43)/t23-,27-,28-,31-/m0/s1. The number of hydrogen-bond donors (Lipinski definition) is 4. The number of urea groups is 1. The SMILES string of the molecule is CC(C)c1nc(CN(C)C(=O)N[C@H](C(=O)N[C@@H](C)C[C@H](OC(=O)COCC(=O)O)[C@H](Cc2ccccc2)NC(=O)OCc2cncs2)C(C)C)cs1. The van der Waals surface area contributed by atoms with E-state index in [0.717, 1.165) is 21.1 Å². The van der Waals surface area contributed by atoms with Crippen molar-refractivity contribution in [3.63, 3.8) is 0 Å². The summed E-state index contributed by atoms with van der Waals surface area (Å²) in [7, 11) is 1.63. The number of aliphatic carboxylic acids is 1. The van der Waals surface area contributed by atoms with Crippen LogP contribution in [0.4, 0.5) is 9.59 Å². The number of carbonyl (C=O) groups is 5. The van der Waals surface area contributed by atoms with Gasteiger partial charge in [0.25, 0.3) is 0 Å². The minimum absolute atomic E-state index is 0.0191. The fraction of sp³-hybridized carbons (Fsp3) is 0.514. The first-order valence-corrected chi connectivity index (χ1v) is 18.6. The molecule has 0 aliphatic carbocycles. The topological polar surface area (TPSA) is 198 Å². The first kappa shape index (κ1) is 41.8. The van der Waals surface area contributed by atoms with Crippen LogP contribution in [0.25, 0.3) is 0 Å². The molecular weight excluding hydrogens is 713 g/mol. The van der Waals surface area contributed by atoms with E-state index in [1.54, 1.807) is 25.7 Å². The molecule has 4 N–H and O–H groups in total. The Kier molecular flexibility index (Phi) is 16.9. The summed E-state index contributed by atoms with van der Waals surface area (Å²) in [5.41, 5.74) is 3.19. The van der Waals surface area contributed by atoms with Crippen molar-refractivity contribution in [1.29, 1.82) is 0 Å². The highest BCUT2D eigenvalue weighted by molar-refractivity contribution is 7.09. The Morgan fingerprint density at radius 3 is 2.31 bits per heavy atom. The van der Waals surface area contributed by atoms with Gasteiger partial charge in [0.1, 0.15) is 32.0 Å². The maximum Gasteiger partial charge on any atom is 0.407 e. The van der Waals surface area contributed by atoms with Gasteiger partial charge in [0.2, 0.25) is 5.91 Å². The number of alkyl carbamates (subject to hydrolysis) is 1. The number of nitrogens with zero attached hydrogens (tertiary/aromatic N) is 3. The van der Waals surface area contributed by atoms with Crippen LogP contribution in [-0.4, -0.2) is 94.4 Å². The van der Waals surface area contributed by atoms with Crippen molar-refractivity contribution in [1.82, 2.24) is 30.8 Å². The van der Waals surface area contributed by atoms with Crippen molar-refractivity contribution in [2.24, 2.45) is 5.92 Å². The molecule has 0 saturated carbocycles. The summed E-state index contributed by atoms with van der Waals surface area (Å²) < 4.78 is 16.1. The second kappa shape index (κ2) is 21.0. The van der Waals surface area contributed by atoms with Crippen LogP contribution < -0.4 is 16.0 Å². The van der Waals surface area contributed by atoms with Gasteiger partial charge in [0.15, 0.2) is 0 Å². The molecule has 2 heterocycles. The summed E-state index contributed by atoms with van der Waals surface area (Å²) >= 11 is 2.86. The molecule has 0 radical (unpaired) electrons. The molecule has 17 heteroatoms. The van der Waals surface area contributed by atoms with Gasteiger partial charge in [-0.05, 0) is 24.8 Å². The van der Waals surface area contributed by atoms with Crippen molar-refractivity contribution in [2.45, 2.75) is 90.8 Å². The molecule has 3 aromatic rings. The van der Waals surface area contributed by atoms with Gasteiger partial charge in [-0.3, -0.25) is 9.78 Å². The van der Waals surface area contributed by atoms with Crippen LogP contribution in [0.1, 0.15) is 68.1 Å². The molecule has 0 saturated heterocycles. The summed E-state index contributed by atoms with van der Waals surface area (Å²) in [5.74, 6) is -2.58. The fourth-order valence-corrected chi connectivity index (χ4v) is 6.33. The lowest BCUT2D eigenvalue weighted by molar-refractivity contribution is -0.158. The number of thiazole rings is 2. The van der Waals surface area contributed by atoms with E-state index in [1.165, 1.54) is 27.6 Å². The van der Waals surface area contributed by atoms with Crippen molar-refractivity contribution in [3.05, 3.63) is 68.6 Å². The Morgan fingerprint density at radius 2 is 1.69 bits per heavy atom. The summed E-state index contributed by atoms with van der Waals surface area (Å²) in [6, 6.07) is 6.39. The third-order valence-corrected chi connectivity index (χ3v) is 9.57. The smallest absolute Gasteiger partial charge is 0.407 e. The van der Waals surface area contributed by atoms with Crippen LogP contribution in [-0.2, 0) is 48.2 Å². The zero-order chi connectivity index (χ0) is 38.2. The first-order valence-electron chi connectivity index (χ1n) is 16.8. The Labute approximate surface area is 311 Å². The first-order chi connectivity index (χ1) is 24.7. The number of carbonyl (C=O) groups excluding carboxylic acids is 4. The molecule has 4 atom stereocenters. The molecule has 15 nitrogen and oxygen atoms in total. The number of rotatable bonds is 20. The summed E-state index contributed by atoms with van der Waals surface area (Å²) in [6.45, 7) is 8.32. The van der Waals surface area contributed by atoms with Gasteiger partial charge in [-0.1, -0.05) is 58.0 Å². The monoisotopic (exact) mass is 760 g/mol. The van der Waals surface area contributed by atoms with Crippen LogP contribution >= 0.6 is 22.7 Å². The lowest BCUT2D eigenvalue weighted by atomic mass is 9.96. The highest BCUT2D eigenvalue weighted by Gasteiger charge is 2.32. The molecule has 2 aromatic heterocycles. The highest BCUT2D eigenvalue weighted by atomic mass is 32.1. The van der Waals surface area contributed by atoms with E-state index in [1.807, 2.05) is 49.6 Å². The number of carboxylic acids is 1. The van der Waals surface area contributed by atoms with Crippen molar-refractivity contribution in [2.75, 3.05) is 20.3 Å². The highest BCUT2D eigenvalue weighted by Crippen LogP contribution is 2.20. The quantitative estimate of drug-likeness (QED) is 0.120. The number of nitrogens with one attached hydrogen (secondary N) is 3. The summed E-state index contributed by atoms with van der Waals surface area (Å²) in [6.07, 6.45) is 0.0433. The van der Waals surface area contributed by atoms with Crippen LogP contribution in [0, 0.1) is 5.92 Å². The minimum Gasteiger partial charge on any atom is -0.480 e. The van der Waals surface area contributed by atoms with Crippen LogP contribution in [0.15, 0.2) is 47.4 Å². The number of esters is 1. The van der Waals surface area contributed by atoms with Gasteiger partial charge in [-0.2, -0.15) is 0 Å². The second-order valence-corrected chi connectivity index (χ2v) is 14.8. The lowest BCUT2D eigenvalue weighted by Crippen LogP contribution is -2.55. The third kappa shape index (κ3) is 14.6. The zero-order valence-corrected chi connectivity index (χ0v) is 31.8. The number of aromatic nitrogens is 2. The van der Waals surface area contributed by atoms with E-state index >= 15 is 0 Å². The van der Waals surface area contributed by atoms with E-state index < -0.39 is 67.4 Å². The van der Waals surface area contributed by atoms with Gasteiger partial charge >= 0.3 is 24.1 Å². The van der Waals surface area contributed by atoms with E-state index in [2.05, 4.69) is 39.8 Å². The molecule has 0 aliphatic rings. The molecule has 0 unspecified atom stereocenters. The molecule has 1 aromatic carbocycles. The van der Waals surface area contributed by atoms with Gasteiger partial charge in [-0.15, -0.1) is 22.7 Å². The largest absolute Gasteiger partial charge is 0.480 e. The van der Waals surface area contributed by atoms with Gasteiger partial charge < -0.3 is 40.2 Å². The van der Waals surface area contributed by atoms with Gasteiger partial charge in [-0.25, -0.2) is 24.2 Å². The lowest BCUT2D eigenvalue weighted by Gasteiger charge is -2.31. The number of amides is 4. The zero-order valence-electron chi connectivity index (χ0n) is 30.2. The van der Waals surface area contributed by atoms with E-state index in [9.17, 15) is 24.0 Å². The summed E-state index contributed by atoms with van der Waals surface area (Å²) in [5, 5.41) is 20.4. The minimum atomic E-state index is -1.26. The average Bonchev–Trinajstić information content (AvgIpc) is 3.78. The molecule has 52 heavy (non-hydrogen) atoms. The van der Waals surface area contributed by atoms with Gasteiger partial charge in [0.05, 0.1) is 33.7 Å². The fourth-order valence-electron chi connectivity index (χ4n) is 5.00. The van der Waals surface area contributed by atoms with Crippen molar-refractivity contribution < 1.29 is 43.3 Å². The number of benzene rings is 1. The molecule has 4 amide bonds. The predicted molar refractivity (Wildman–Crippen MR) is 195 cm³/mol. The Bertz CT molecular complexity index is 1590. The van der Waals surface area contributed by atoms with Gasteiger partial charge in [0, 0.05) is 37.0 Å². The molecule has 0 bridgehead atoms. The third-order valence-electron chi connectivity index (χ3n) is 7.62. The van der Waals surface area contributed by atoms with E-state index in [0.29, 0.717) is 0 Å². The Hall–Kier alpha value is -4.61. The van der Waals surface area contributed by atoms with Crippen molar-refractivity contribution in [3.8, 4) is 0 Å². The maximum absolute atomic E-state index is 13.6. The number of carboxylic acid groups (broad SMARTS) is 1. The predicted octanol–water partition coefficient (Wildman–Crippen LogP) is 4.33. The van der Waals surface area contributed by atoms with Crippen LogP contribution in [0.3, 0.4) is 0 Å². The van der Waals surface area contributed by atoms with Crippen molar-refractivity contribution >= 4 is 52.6 Å². The van der Waals surface area contributed by atoms with Crippen LogP contribution in [0.2, 0.25) is 0 Å². The Morgan fingerprint density at radius 1 is 0.962 bits per heavy atom. The molecule has 0 fully saturated rings. The number of ether oxygens (including phenoxy) is 3. The molecule has 284 valence electrons. The average molecular weight is 761 g/mol. The van der Waals surface area contributed by atoms with Crippen LogP contribution in [0.5, 0.6) is 0 Å². The normalized spacial score (nSPS) is 13.5. The van der Waals surface area contributed by atoms with E-state index in [-0.39, 0.29) is 37.8 Å². The Balaban J connectivity index is 1.74.